The molecule has 3 aromatic carbocycles. The Balaban J connectivity index is 1.92. The van der Waals surface area contributed by atoms with E-state index in [0.29, 0.717) is 16.3 Å². The minimum atomic E-state index is -3.94. The SMILES string of the molecule is C=C(C(=O)Oc1ccccc1)C(NS(=O)(=O)c1ccc(C)cc1)c1ccc(Cl)cc1. The number of esters is 1. The zero-order valence-electron chi connectivity index (χ0n) is 16.2. The van der Waals surface area contributed by atoms with Crippen LogP contribution in [0.5, 0.6) is 5.75 Å². The molecule has 0 aliphatic rings. The fraction of sp³-hybridized carbons (Fsp3) is 0.0870. The minimum absolute atomic E-state index is 0.0585. The highest BCUT2D eigenvalue weighted by Crippen LogP contribution is 2.26. The van der Waals surface area contributed by atoms with Crippen molar-refractivity contribution >= 4 is 27.6 Å². The van der Waals surface area contributed by atoms with Crippen molar-refractivity contribution in [3.63, 3.8) is 0 Å². The molecule has 3 aromatic rings. The first-order valence-electron chi connectivity index (χ1n) is 9.07. The monoisotopic (exact) mass is 441 g/mol. The zero-order valence-corrected chi connectivity index (χ0v) is 17.8. The van der Waals surface area contributed by atoms with Gasteiger partial charge in [0.15, 0.2) is 0 Å². The number of hydrogen-bond acceptors (Lipinski definition) is 4. The molecule has 1 unspecified atom stereocenters. The summed E-state index contributed by atoms with van der Waals surface area (Å²) in [6.45, 7) is 5.67. The van der Waals surface area contributed by atoms with E-state index in [-0.39, 0.29) is 10.5 Å². The van der Waals surface area contributed by atoms with Crippen molar-refractivity contribution in [3.8, 4) is 5.75 Å². The van der Waals surface area contributed by atoms with Crippen LogP contribution in [0.1, 0.15) is 17.2 Å². The summed E-state index contributed by atoms with van der Waals surface area (Å²) in [5, 5.41) is 0.483. The second-order valence-electron chi connectivity index (χ2n) is 6.65. The van der Waals surface area contributed by atoms with Gasteiger partial charge in [-0.3, -0.25) is 0 Å². The molecule has 0 spiro atoms. The average Bonchev–Trinajstić information content (AvgIpc) is 2.73. The topological polar surface area (TPSA) is 72.5 Å². The van der Waals surface area contributed by atoms with Gasteiger partial charge in [0.2, 0.25) is 10.0 Å². The molecular weight excluding hydrogens is 422 g/mol. The largest absolute Gasteiger partial charge is 0.423 e. The Kier molecular flexibility index (Phi) is 6.72. The molecule has 0 saturated heterocycles. The van der Waals surface area contributed by atoms with Gasteiger partial charge in [0.25, 0.3) is 0 Å². The molecule has 30 heavy (non-hydrogen) atoms. The van der Waals surface area contributed by atoms with Gasteiger partial charge in [-0.05, 0) is 48.9 Å². The number of sulfonamides is 1. The Hall–Kier alpha value is -2.93. The van der Waals surface area contributed by atoms with Gasteiger partial charge in [-0.2, -0.15) is 4.72 Å². The quantitative estimate of drug-likeness (QED) is 0.324. The lowest BCUT2D eigenvalue weighted by atomic mass is 10.0. The highest BCUT2D eigenvalue weighted by atomic mass is 35.5. The van der Waals surface area contributed by atoms with Crippen molar-refractivity contribution in [2.75, 3.05) is 0 Å². The summed E-state index contributed by atoms with van der Waals surface area (Å²) in [7, 11) is -3.94. The Bertz CT molecular complexity index is 1140. The van der Waals surface area contributed by atoms with Crippen LogP contribution in [0.15, 0.2) is 95.9 Å². The fourth-order valence-electron chi connectivity index (χ4n) is 2.72. The van der Waals surface area contributed by atoms with Crippen LogP contribution in [-0.2, 0) is 14.8 Å². The van der Waals surface area contributed by atoms with Crippen LogP contribution in [0.2, 0.25) is 5.02 Å². The van der Waals surface area contributed by atoms with Crippen LogP contribution in [0.4, 0.5) is 0 Å². The van der Waals surface area contributed by atoms with Crippen LogP contribution in [0.25, 0.3) is 0 Å². The smallest absolute Gasteiger partial charge is 0.340 e. The summed E-state index contributed by atoms with van der Waals surface area (Å²) in [6, 6.07) is 20.3. The first-order valence-corrected chi connectivity index (χ1v) is 10.9. The van der Waals surface area contributed by atoms with E-state index in [1.54, 1.807) is 66.7 Å². The molecule has 1 atom stereocenters. The van der Waals surface area contributed by atoms with Crippen LogP contribution in [0, 0.1) is 6.92 Å². The lowest BCUT2D eigenvalue weighted by molar-refractivity contribution is -0.130. The maximum absolute atomic E-state index is 12.9. The Labute approximate surface area is 181 Å². The third-order valence-electron chi connectivity index (χ3n) is 4.37. The predicted octanol–water partition coefficient (Wildman–Crippen LogP) is 4.83. The van der Waals surface area contributed by atoms with E-state index >= 15 is 0 Å². The highest BCUT2D eigenvalue weighted by molar-refractivity contribution is 7.89. The van der Waals surface area contributed by atoms with Crippen molar-refractivity contribution in [2.24, 2.45) is 0 Å². The number of para-hydroxylation sites is 1. The maximum Gasteiger partial charge on any atom is 0.340 e. The summed E-state index contributed by atoms with van der Waals surface area (Å²) in [5.74, 6) is -0.410. The van der Waals surface area contributed by atoms with Crippen LogP contribution in [0.3, 0.4) is 0 Å². The van der Waals surface area contributed by atoms with Gasteiger partial charge in [0.1, 0.15) is 5.75 Å². The van der Waals surface area contributed by atoms with Gasteiger partial charge >= 0.3 is 5.97 Å². The van der Waals surface area contributed by atoms with E-state index in [1.807, 2.05) is 6.92 Å². The highest BCUT2D eigenvalue weighted by Gasteiger charge is 2.28. The number of ether oxygens (including phenoxy) is 1. The molecule has 3 rings (SSSR count). The number of rotatable bonds is 7. The summed E-state index contributed by atoms with van der Waals surface area (Å²) in [5.41, 5.74) is 1.38. The number of hydrogen-bond donors (Lipinski definition) is 1. The molecule has 0 aliphatic heterocycles. The van der Waals surface area contributed by atoms with Gasteiger partial charge in [-0.15, -0.1) is 0 Å². The van der Waals surface area contributed by atoms with Crippen molar-refractivity contribution in [3.05, 3.63) is 107 Å². The third-order valence-corrected chi connectivity index (χ3v) is 6.06. The Morgan fingerprint density at radius 3 is 2.17 bits per heavy atom. The second-order valence-corrected chi connectivity index (χ2v) is 8.80. The summed E-state index contributed by atoms with van der Waals surface area (Å²) in [4.78, 5) is 12.8. The molecule has 0 aliphatic carbocycles. The maximum atomic E-state index is 12.9. The molecule has 0 bridgehead atoms. The lowest BCUT2D eigenvalue weighted by Crippen LogP contribution is -2.33. The molecule has 0 aromatic heterocycles. The Morgan fingerprint density at radius 2 is 1.57 bits per heavy atom. The first kappa shape index (κ1) is 21.8. The van der Waals surface area contributed by atoms with E-state index in [1.165, 1.54) is 12.1 Å². The Morgan fingerprint density at radius 1 is 0.967 bits per heavy atom. The number of aryl methyl sites for hydroxylation is 1. The van der Waals surface area contributed by atoms with E-state index < -0.39 is 22.0 Å². The molecule has 154 valence electrons. The van der Waals surface area contributed by atoms with Gasteiger partial charge in [-0.1, -0.05) is 66.2 Å². The van der Waals surface area contributed by atoms with Gasteiger partial charge in [0.05, 0.1) is 16.5 Å². The number of benzene rings is 3. The van der Waals surface area contributed by atoms with Gasteiger partial charge < -0.3 is 4.74 Å². The van der Waals surface area contributed by atoms with E-state index in [0.717, 1.165) is 5.56 Å². The molecule has 1 N–H and O–H groups in total. The zero-order chi connectivity index (χ0) is 21.7. The van der Waals surface area contributed by atoms with Crippen molar-refractivity contribution < 1.29 is 17.9 Å². The molecule has 0 radical (unpaired) electrons. The molecule has 7 heteroatoms. The summed E-state index contributed by atoms with van der Waals surface area (Å²) >= 11 is 5.96. The molecule has 5 nitrogen and oxygen atoms in total. The minimum Gasteiger partial charge on any atom is -0.423 e. The molecule has 0 amide bonds. The summed E-state index contributed by atoms with van der Waals surface area (Å²) < 4.78 is 33.8. The molecule has 0 saturated carbocycles. The van der Waals surface area contributed by atoms with Gasteiger partial charge in [0, 0.05) is 5.02 Å². The fourth-order valence-corrected chi connectivity index (χ4v) is 4.06. The normalized spacial score (nSPS) is 12.2. The van der Waals surface area contributed by atoms with E-state index in [9.17, 15) is 13.2 Å². The van der Waals surface area contributed by atoms with Gasteiger partial charge in [-0.25, -0.2) is 13.2 Å². The lowest BCUT2D eigenvalue weighted by Gasteiger charge is -2.21. The van der Waals surface area contributed by atoms with Crippen LogP contribution in [-0.4, -0.2) is 14.4 Å². The van der Waals surface area contributed by atoms with E-state index in [4.69, 9.17) is 16.3 Å². The van der Waals surface area contributed by atoms with E-state index in [2.05, 4.69) is 11.3 Å². The van der Waals surface area contributed by atoms with Crippen molar-refractivity contribution in [2.45, 2.75) is 17.9 Å². The second kappa shape index (κ2) is 9.26. The number of halogens is 1. The molecule has 0 fully saturated rings. The third kappa shape index (κ3) is 5.36. The van der Waals surface area contributed by atoms with Crippen LogP contribution < -0.4 is 9.46 Å². The number of carbonyl (C=O) groups excluding carboxylic acids is 1. The van der Waals surface area contributed by atoms with Crippen LogP contribution >= 0.6 is 11.6 Å². The standard InChI is InChI=1S/C23H20ClNO4S/c1-16-8-14-21(15-9-16)30(27,28)25-22(18-10-12-19(24)13-11-18)17(2)23(26)29-20-6-4-3-5-7-20/h3-15,22,25H,2H2,1H3. The summed E-state index contributed by atoms with van der Waals surface area (Å²) in [6.07, 6.45) is 0. The molecular formula is C23H20ClNO4S. The number of nitrogens with one attached hydrogen (secondary N) is 1. The predicted molar refractivity (Wildman–Crippen MR) is 117 cm³/mol. The van der Waals surface area contributed by atoms with Crippen molar-refractivity contribution in [1.29, 1.82) is 0 Å². The first-order chi connectivity index (χ1) is 14.3. The average molecular weight is 442 g/mol. The van der Waals surface area contributed by atoms with Crippen molar-refractivity contribution in [1.82, 2.24) is 4.72 Å². The number of carbonyl (C=O) groups is 1. The molecule has 0 heterocycles.